The molecule has 70 valence electrons. The zero-order valence-corrected chi connectivity index (χ0v) is 7.09. The molecule has 1 amide bonds. The molecule has 1 rings (SSSR count). The average molecular weight is 182 g/mol. The molecule has 4 heteroatoms. The van der Waals surface area contributed by atoms with Gasteiger partial charge in [0.15, 0.2) is 0 Å². The van der Waals surface area contributed by atoms with Crippen molar-refractivity contribution in [2.24, 2.45) is 5.73 Å². The zero-order valence-electron chi connectivity index (χ0n) is 7.09. The Balaban J connectivity index is 2.71. The average Bonchev–Trinajstić information content (AvgIpc) is 2.18. The molecule has 0 aliphatic carbocycles. The van der Waals surface area contributed by atoms with Crippen LogP contribution in [0.15, 0.2) is 24.3 Å². The summed E-state index contributed by atoms with van der Waals surface area (Å²) in [7, 11) is 0. The number of benzene rings is 1. The third-order valence-corrected chi connectivity index (χ3v) is 1.55. The number of amides is 1. The monoisotopic (exact) mass is 182 g/mol. The first-order chi connectivity index (χ1) is 6.26. The number of halogens is 1. The Morgan fingerprint density at radius 1 is 1.54 bits per heavy atom. The highest BCUT2D eigenvalue weighted by Crippen LogP contribution is 2.10. The van der Waals surface area contributed by atoms with Crippen LogP contribution in [0.2, 0.25) is 0 Å². The number of alkyl halides is 1. The lowest BCUT2D eigenvalue weighted by molar-refractivity contribution is -0.114. The van der Waals surface area contributed by atoms with Gasteiger partial charge in [0.1, 0.15) is 6.67 Å². The van der Waals surface area contributed by atoms with Crippen LogP contribution in [0.25, 0.3) is 0 Å². The Labute approximate surface area is 75.7 Å². The van der Waals surface area contributed by atoms with Crippen LogP contribution >= 0.6 is 0 Å². The van der Waals surface area contributed by atoms with Gasteiger partial charge in [0.2, 0.25) is 5.91 Å². The zero-order chi connectivity index (χ0) is 9.68. The van der Waals surface area contributed by atoms with Gasteiger partial charge in [-0.25, -0.2) is 4.39 Å². The minimum absolute atomic E-state index is 0.0696. The molecule has 3 nitrogen and oxygen atoms in total. The highest BCUT2D eigenvalue weighted by molar-refractivity contribution is 5.92. The van der Waals surface area contributed by atoms with E-state index in [0.29, 0.717) is 11.3 Å². The lowest BCUT2D eigenvalue weighted by Gasteiger charge is -2.03. The molecular weight excluding hydrogens is 171 g/mol. The molecule has 0 saturated heterocycles. The fourth-order valence-corrected chi connectivity index (χ4v) is 0.944. The quantitative estimate of drug-likeness (QED) is 0.734. The first-order valence-corrected chi connectivity index (χ1v) is 3.91. The maximum atomic E-state index is 12.2. The van der Waals surface area contributed by atoms with Crippen molar-refractivity contribution >= 4 is 11.6 Å². The topological polar surface area (TPSA) is 55.1 Å². The molecule has 0 aromatic heterocycles. The van der Waals surface area contributed by atoms with Crippen LogP contribution in [-0.2, 0) is 11.5 Å². The van der Waals surface area contributed by atoms with E-state index < -0.39 is 6.67 Å². The van der Waals surface area contributed by atoms with E-state index in [1.54, 1.807) is 24.3 Å². The molecule has 0 aliphatic heterocycles. The van der Waals surface area contributed by atoms with Gasteiger partial charge in [-0.05, 0) is 17.7 Å². The molecule has 0 saturated carbocycles. The fourth-order valence-electron chi connectivity index (χ4n) is 0.944. The highest BCUT2D eigenvalue weighted by Gasteiger charge is 1.99. The number of anilines is 1. The van der Waals surface area contributed by atoms with Gasteiger partial charge in [-0.15, -0.1) is 0 Å². The summed E-state index contributed by atoms with van der Waals surface area (Å²) in [5, 5.41) is 2.54. The van der Waals surface area contributed by atoms with Crippen LogP contribution in [0, 0.1) is 0 Å². The number of carbonyl (C=O) groups excluding carboxylic acids is 1. The van der Waals surface area contributed by atoms with Crippen LogP contribution in [0.4, 0.5) is 10.1 Å². The summed E-state index contributed by atoms with van der Waals surface area (Å²) in [6.45, 7) is -0.605. The van der Waals surface area contributed by atoms with Crippen molar-refractivity contribution in [3.8, 4) is 0 Å². The molecule has 13 heavy (non-hydrogen) atoms. The Hall–Kier alpha value is -1.42. The lowest BCUT2D eigenvalue weighted by Crippen LogP contribution is -2.21. The second-order valence-corrected chi connectivity index (χ2v) is 2.59. The van der Waals surface area contributed by atoms with Crippen molar-refractivity contribution < 1.29 is 9.18 Å². The molecule has 0 spiro atoms. The molecule has 0 atom stereocenters. The first-order valence-electron chi connectivity index (χ1n) is 3.91. The standard InChI is InChI=1S/C9H11FN2O/c10-5-7-2-1-3-8(4-7)12-9(13)6-11/h1-4H,5-6,11H2,(H,12,13). The van der Waals surface area contributed by atoms with Crippen molar-refractivity contribution in [3.05, 3.63) is 29.8 Å². The fraction of sp³-hybridized carbons (Fsp3) is 0.222. The third-order valence-electron chi connectivity index (χ3n) is 1.55. The number of hydrogen-bond donors (Lipinski definition) is 2. The van der Waals surface area contributed by atoms with Crippen molar-refractivity contribution in [1.82, 2.24) is 0 Å². The molecule has 0 radical (unpaired) electrons. The Bertz CT molecular complexity index is 301. The van der Waals surface area contributed by atoms with Gasteiger partial charge >= 0.3 is 0 Å². The smallest absolute Gasteiger partial charge is 0.238 e. The second-order valence-electron chi connectivity index (χ2n) is 2.59. The second kappa shape index (κ2) is 4.57. The van der Waals surface area contributed by atoms with Crippen LogP contribution in [-0.4, -0.2) is 12.5 Å². The summed E-state index contributed by atoms with van der Waals surface area (Å²) in [5.74, 6) is -0.281. The van der Waals surface area contributed by atoms with E-state index in [1.165, 1.54) is 0 Å². The minimum atomic E-state index is -0.535. The largest absolute Gasteiger partial charge is 0.325 e. The molecule has 3 N–H and O–H groups in total. The van der Waals surface area contributed by atoms with Crippen molar-refractivity contribution in [1.29, 1.82) is 0 Å². The van der Waals surface area contributed by atoms with Crippen LogP contribution < -0.4 is 11.1 Å². The Morgan fingerprint density at radius 3 is 2.92 bits per heavy atom. The summed E-state index contributed by atoms with van der Waals surface area (Å²) in [5.41, 5.74) is 6.22. The number of rotatable bonds is 3. The summed E-state index contributed by atoms with van der Waals surface area (Å²) < 4.78 is 12.2. The van der Waals surface area contributed by atoms with Gasteiger partial charge in [-0.1, -0.05) is 12.1 Å². The number of carbonyl (C=O) groups is 1. The van der Waals surface area contributed by atoms with Gasteiger partial charge in [0.25, 0.3) is 0 Å². The van der Waals surface area contributed by atoms with Crippen LogP contribution in [0.3, 0.4) is 0 Å². The SMILES string of the molecule is NCC(=O)Nc1cccc(CF)c1. The van der Waals surface area contributed by atoms with Crippen molar-refractivity contribution in [3.63, 3.8) is 0 Å². The van der Waals surface area contributed by atoms with Gasteiger partial charge in [0, 0.05) is 5.69 Å². The molecule has 0 unspecified atom stereocenters. The predicted octanol–water partition coefficient (Wildman–Crippen LogP) is 1.05. The van der Waals surface area contributed by atoms with E-state index in [4.69, 9.17) is 5.73 Å². The molecule has 1 aromatic carbocycles. The van der Waals surface area contributed by atoms with E-state index in [9.17, 15) is 9.18 Å². The van der Waals surface area contributed by atoms with Crippen LogP contribution in [0.5, 0.6) is 0 Å². The van der Waals surface area contributed by atoms with E-state index in [2.05, 4.69) is 5.32 Å². The van der Waals surface area contributed by atoms with E-state index in [1.807, 2.05) is 0 Å². The lowest BCUT2D eigenvalue weighted by atomic mass is 10.2. The molecule has 0 heterocycles. The van der Waals surface area contributed by atoms with E-state index in [-0.39, 0.29) is 12.5 Å². The van der Waals surface area contributed by atoms with Crippen LogP contribution in [0.1, 0.15) is 5.56 Å². The molecule has 0 fully saturated rings. The van der Waals surface area contributed by atoms with E-state index in [0.717, 1.165) is 0 Å². The minimum Gasteiger partial charge on any atom is -0.325 e. The molecule has 1 aromatic rings. The van der Waals surface area contributed by atoms with Gasteiger partial charge in [0.05, 0.1) is 6.54 Å². The molecule has 0 aliphatic rings. The summed E-state index contributed by atoms with van der Waals surface area (Å²) in [6, 6.07) is 6.60. The van der Waals surface area contributed by atoms with E-state index >= 15 is 0 Å². The van der Waals surface area contributed by atoms with Gasteiger partial charge in [-0.3, -0.25) is 4.79 Å². The third kappa shape index (κ3) is 2.83. The highest BCUT2D eigenvalue weighted by atomic mass is 19.1. The number of hydrogen-bond acceptors (Lipinski definition) is 2. The molecule has 0 bridgehead atoms. The van der Waals surface area contributed by atoms with Crippen molar-refractivity contribution in [2.75, 3.05) is 11.9 Å². The van der Waals surface area contributed by atoms with Crippen molar-refractivity contribution in [2.45, 2.75) is 6.67 Å². The maximum absolute atomic E-state index is 12.2. The first kappa shape index (κ1) is 9.67. The maximum Gasteiger partial charge on any atom is 0.238 e. The Kier molecular flexibility index (Phi) is 3.40. The normalized spacial score (nSPS) is 9.69. The number of nitrogens with two attached hydrogens (primary N) is 1. The summed E-state index contributed by atoms with van der Waals surface area (Å²) in [6.07, 6.45) is 0. The Morgan fingerprint density at radius 2 is 2.31 bits per heavy atom. The van der Waals surface area contributed by atoms with Gasteiger partial charge < -0.3 is 11.1 Å². The predicted molar refractivity (Wildman–Crippen MR) is 48.9 cm³/mol. The summed E-state index contributed by atoms with van der Waals surface area (Å²) in [4.78, 5) is 10.9. The summed E-state index contributed by atoms with van der Waals surface area (Å²) >= 11 is 0. The molecular formula is C9H11FN2O. The number of nitrogens with one attached hydrogen (secondary N) is 1. The van der Waals surface area contributed by atoms with Gasteiger partial charge in [-0.2, -0.15) is 0 Å².